The van der Waals surface area contributed by atoms with Crippen molar-refractivity contribution < 1.29 is 0 Å². The van der Waals surface area contributed by atoms with Crippen molar-refractivity contribution in [2.24, 2.45) is 0 Å². The number of hydrogen-bond donors (Lipinski definition) is 1. The normalized spacial score (nSPS) is 10.1. The first-order valence-electron chi connectivity index (χ1n) is 4.77. The van der Waals surface area contributed by atoms with E-state index in [0.29, 0.717) is 11.7 Å². The predicted molar refractivity (Wildman–Crippen MR) is 63.2 cm³/mol. The van der Waals surface area contributed by atoms with Gasteiger partial charge >= 0.3 is 0 Å². The second-order valence-corrected chi connectivity index (χ2v) is 3.92. The standard InChI is InChI=1S/C11H14ClN3/c1-5-6-13-11-8(4)9(12)14-10(15-11)7(2)3/h1,7H,6H2,2-4H3,(H,13,14,15). The van der Waals surface area contributed by atoms with E-state index in [0.717, 1.165) is 17.2 Å². The molecule has 1 N–H and O–H groups in total. The molecule has 0 aliphatic rings. The number of terminal acetylenes is 1. The van der Waals surface area contributed by atoms with Crippen LogP contribution in [-0.4, -0.2) is 16.5 Å². The van der Waals surface area contributed by atoms with Crippen LogP contribution in [0.2, 0.25) is 5.15 Å². The molecule has 0 aliphatic carbocycles. The van der Waals surface area contributed by atoms with E-state index in [1.165, 1.54) is 0 Å². The van der Waals surface area contributed by atoms with Crippen molar-refractivity contribution in [2.75, 3.05) is 11.9 Å². The lowest BCUT2D eigenvalue weighted by molar-refractivity contribution is 0.772. The Morgan fingerprint density at radius 1 is 1.47 bits per heavy atom. The van der Waals surface area contributed by atoms with E-state index >= 15 is 0 Å². The van der Waals surface area contributed by atoms with Crippen LogP contribution in [0, 0.1) is 19.3 Å². The molecule has 1 aromatic heterocycles. The van der Waals surface area contributed by atoms with Gasteiger partial charge in [-0.3, -0.25) is 0 Å². The molecule has 0 radical (unpaired) electrons. The van der Waals surface area contributed by atoms with Gasteiger partial charge in [0.1, 0.15) is 16.8 Å². The number of hydrogen-bond acceptors (Lipinski definition) is 3. The van der Waals surface area contributed by atoms with Gasteiger partial charge in [0.2, 0.25) is 0 Å². The zero-order valence-corrected chi connectivity index (χ0v) is 9.89. The summed E-state index contributed by atoms with van der Waals surface area (Å²) in [7, 11) is 0. The summed E-state index contributed by atoms with van der Waals surface area (Å²) < 4.78 is 0. The largest absolute Gasteiger partial charge is 0.359 e. The van der Waals surface area contributed by atoms with Crippen LogP contribution < -0.4 is 5.32 Å². The quantitative estimate of drug-likeness (QED) is 0.632. The molecule has 0 bridgehead atoms. The van der Waals surface area contributed by atoms with Gasteiger partial charge < -0.3 is 5.32 Å². The van der Waals surface area contributed by atoms with Crippen LogP contribution in [0.25, 0.3) is 0 Å². The fourth-order valence-electron chi connectivity index (χ4n) is 1.07. The topological polar surface area (TPSA) is 37.8 Å². The van der Waals surface area contributed by atoms with Gasteiger partial charge in [-0.1, -0.05) is 31.4 Å². The fraction of sp³-hybridized carbons (Fsp3) is 0.455. The van der Waals surface area contributed by atoms with Crippen molar-refractivity contribution >= 4 is 17.4 Å². The Hall–Kier alpha value is -1.27. The Balaban J connectivity index is 3.08. The number of nitrogens with zero attached hydrogens (tertiary/aromatic N) is 2. The first-order chi connectivity index (χ1) is 7.06. The summed E-state index contributed by atoms with van der Waals surface area (Å²) in [5.41, 5.74) is 0.830. The number of rotatable bonds is 3. The summed E-state index contributed by atoms with van der Waals surface area (Å²) >= 11 is 6.00. The van der Waals surface area contributed by atoms with Crippen LogP contribution in [0.15, 0.2) is 0 Å². The Kier molecular flexibility index (Phi) is 3.93. The molecule has 0 saturated carbocycles. The lowest BCUT2D eigenvalue weighted by Gasteiger charge is -2.11. The third kappa shape index (κ3) is 2.84. The highest BCUT2D eigenvalue weighted by Gasteiger charge is 2.10. The lowest BCUT2D eigenvalue weighted by Crippen LogP contribution is -2.08. The Labute approximate surface area is 95.3 Å². The second kappa shape index (κ2) is 4.99. The monoisotopic (exact) mass is 223 g/mol. The number of halogens is 1. The molecule has 4 heteroatoms. The molecular formula is C11H14ClN3. The number of nitrogens with one attached hydrogen (secondary N) is 1. The van der Waals surface area contributed by atoms with E-state index in [4.69, 9.17) is 18.0 Å². The van der Waals surface area contributed by atoms with E-state index in [9.17, 15) is 0 Å². The maximum atomic E-state index is 6.00. The first kappa shape index (κ1) is 11.8. The molecule has 3 nitrogen and oxygen atoms in total. The zero-order chi connectivity index (χ0) is 11.4. The lowest BCUT2D eigenvalue weighted by atomic mass is 10.2. The van der Waals surface area contributed by atoms with Gasteiger partial charge in [-0.25, -0.2) is 9.97 Å². The van der Waals surface area contributed by atoms with Gasteiger partial charge in [0, 0.05) is 11.5 Å². The van der Waals surface area contributed by atoms with Crippen molar-refractivity contribution in [3.63, 3.8) is 0 Å². The number of anilines is 1. The Bertz CT molecular complexity index is 394. The first-order valence-corrected chi connectivity index (χ1v) is 5.15. The maximum absolute atomic E-state index is 6.00. The van der Waals surface area contributed by atoms with E-state index in [2.05, 4.69) is 21.2 Å². The third-order valence-corrected chi connectivity index (χ3v) is 2.35. The van der Waals surface area contributed by atoms with Gasteiger partial charge in [-0.2, -0.15) is 0 Å². The van der Waals surface area contributed by atoms with Gasteiger partial charge in [0.25, 0.3) is 0 Å². The van der Waals surface area contributed by atoms with Crippen LogP contribution in [0.3, 0.4) is 0 Å². The SMILES string of the molecule is C#CCNc1nc(C(C)C)nc(Cl)c1C. The molecule has 80 valence electrons. The molecular weight excluding hydrogens is 210 g/mol. The second-order valence-electron chi connectivity index (χ2n) is 3.56. The molecule has 0 aromatic carbocycles. The Morgan fingerprint density at radius 2 is 2.13 bits per heavy atom. The molecule has 0 atom stereocenters. The van der Waals surface area contributed by atoms with Crippen molar-refractivity contribution in [3.05, 3.63) is 16.5 Å². The average molecular weight is 224 g/mol. The minimum absolute atomic E-state index is 0.245. The molecule has 0 fully saturated rings. The summed E-state index contributed by atoms with van der Waals surface area (Å²) in [6.45, 7) is 6.34. The van der Waals surface area contributed by atoms with Crippen molar-refractivity contribution in [3.8, 4) is 12.3 Å². The van der Waals surface area contributed by atoms with Crippen LogP contribution in [0.4, 0.5) is 5.82 Å². The number of aromatic nitrogens is 2. The summed E-state index contributed by atoms with van der Waals surface area (Å²) in [4.78, 5) is 8.57. The summed E-state index contributed by atoms with van der Waals surface area (Å²) in [5.74, 6) is 4.19. The molecule has 1 heterocycles. The van der Waals surface area contributed by atoms with E-state index in [-0.39, 0.29) is 5.92 Å². The van der Waals surface area contributed by atoms with E-state index < -0.39 is 0 Å². The van der Waals surface area contributed by atoms with E-state index in [1.54, 1.807) is 0 Å². The predicted octanol–water partition coefficient (Wildman–Crippen LogP) is 2.61. The molecule has 15 heavy (non-hydrogen) atoms. The van der Waals surface area contributed by atoms with Crippen LogP contribution in [-0.2, 0) is 0 Å². The van der Waals surface area contributed by atoms with Crippen LogP contribution >= 0.6 is 11.6 Å². The summed E-state index contributed by atoms with van der Waals surface area (Å²) in [5, 5.41) is 3.51. The highest BCUT2D eigenvalue weighted by molar-refractivity contribution is 6.30. The molecule has 1 rings (SSSR count). The minimum atomic E-state index is 0.245. The summed E-state index contributed by atoms with van der Waals surface area (Å²) in [6.07, 6.45) is 5.17. The van der Waals surface area contributed by atoms with Crippen LogP contribution in [0.1, 0.15) is 31.2 Å². The van der Waals surface area contributed by atoms with Crippen molar-refractivity contribution in [2.45, 2.75) is 26.7 Å². The van der Waals surface area contributed by atoms with E-state index in [1.807, 2.05) is 20.8 Å². The third-order valence-electron chi connectivity index (χ3n) is 1.98. The zero-order valence-electron chi connectivity index (χ0n) is 9.13. The molecule has 0 spiro atoms. The molecule has 0 amide bonds. The van der Waals surface area contributed by atoms with Gasteiger partial charge in [-0.15, -0.1) is 6.42 Å². The van der Waals surface area contributed by atoms with Crippen molar-refractivity contribution in [1.29, 1.82) is 0 Å². The average Bonchev–Trinajstić information content (AvgIpc) is 2.19. The van der Waals surface area contributed by atoms with Crippen molar-refractivity contribution in [1.82, 2.24) is 9.97 Å². The van der Waals surface area contributed by atoms with Crippen LogP contribution in [0.5, 0.6) is 0 Å². The smallest absolute Gasteiger partial charge is 0.137 e. The highest BCUT2D eigenvalue weighted by Crippen LogP contribution is 2.22. The summed E-state index contributed by atoms with van der Waals surface area (Å²) in [6, 6.07) is 0. The Morgan fingerprint density at radius 3 is 2.67 bits per heavy atom. The molecule has 0 aliphatic heterocycles. The highest BCUT2D eigenvalue weighted by atomic mass is 35.5. The molecule has 0 saturated heterocycles. The maximum Gasteiger partial charge on any atom is 0.137 e. The minimum Gasteiger partial charge on any atom is -0.359 e. The van der Waals surface area contributed by atoms with Gasteiger partial charge in [-0.05, 0) is 6.92 Å². The molecule has 1 aromatic rings. The van der Waals surface area contributed by atoms with Gasteiger partial charge in [0.15, 0.2) is 0 Å². The van der Waals surface area contributed by atoms with Gasteiger partial charge in [0.05, 0.1) is 6.54 Å². The fourth-order valence-corrected chi connectivity index (χ4v) is 1.25. The molecule has 0 unspecified atom stereocenters.